The van der Waals surface area contributed by atoms with Crippen molar-refractivity contribution in [3.63, 3.8) is 0 Å². The number of carboxylic acid groups (broad SMARTS) is 1. The van der Waals surface area contributed by atoms with Gasteiger partial charge in [-0.2, -0.15) is 0 Å². The molecule has 0 amide bonds. The molecule has 0 aromatic rings. The Kier molecular flexibility index (Phi) is 13.8. The maximum atomic E-state index is 10.3. The molecule has 3 nitrogen and oxygen atoms in total. The molecular weight excluding hydrogens is 264 g/mol. The fourth-order valence-corrected chi connectivity index (χ4v) is 1.88. The third-order valence-electron chi connectivity index (χ3n) is 3.10. The van der Waals surface area contributed by atoms with Gasteiger partial charge in [0, 0.05) is 6.42 Å². The number of aliphatic hydroxyl groups excluding tert-OH is 1. The average Bonchev–Trinajstić information content (AvgIpc) is 2.45. The molecule has 0 aromatic heterocycles. The second-order valence-electron chi connectivity index (χ2n) is 5.13. The molecular formula is C18H28O3. The molecule has 3 heteroatoms. The van der Waals surface area contributed by atoms with Crippen LogP contribution in [0.15, 0.2) is 24.8 Å². The number of aliphatic carboxylic acids is 1. The Morgan fingerprint density at radius 1 is 1.10 bits per heavy atom. The Balaban J connectivity index is 3.50. The van der Waals surface area contributed by atoms with Crippen LogP contribution in [0.3, 0.4) is 0 Å². The van der Waals surface area contributed by atoms with E-state index in [0.717, 1.165) is 44.9 Å². The van der Waals surface area contributed by atoms with Crippen LogP contribution in [-0.2, 0) is 4.79 Å². The van der Waals surface area contributed by atoms with E-state index in [1.807, 2.05) is 18.2 Å². The molecule has 0 saturated heterocycles. The van der Waals surface area contributed by atoms with Gasteiger partial charge in [-0.15, -0.1) is 6.58 Å². The first kappa shape index (κ1) is 19.5. The first-order valence-electron chi connectivity index (χ1n) is 7.83. The number of aliphatic hydroxyl groups is 1. The third kappa shape index (κ3) is 16.4. The van der Waals surface area contributed by atoms with E-state index in [9.17, 15) is 9.90 Å². The van der Waals surface area contributed by atoms with E-state index >= 15 is 0 Å². The fraction of sp³-hybridized carbons (Fsp3) is 0.611. The summed E-state index contributed by atoms with van der Waals surface area (Å²) in [6.07, 6.45) is 13.9. The van der Waals surface area contributed by atoms with Crippen LogP contribution in [-0.4, -0.2) is 22.3 Å². The van der Waals surface area contributed by atoms with Crippen molar-refractivity contribution in [3.05, 3.63) is 24.8 Å². The molecule has 0 rings (SSSR count). The molecule has 0 aliphatic rings. The maximum absolute atomic E-state index is 10.3. The van der Waals surface area contributed by atoms with Crippen molar-refractivity contribution < 1.29 is 15.0 Å². The normalized spacial score (nSPS) is 11.9. The van der Waals surface area contributed by atoms with Crippen LogP contribution in [0.25, 0.3) is 0 Å². The molecule has 0 radical (unpaired) electrons. The van der Waals surface area contributed by atoms with Crippen LogP contribution in [0.2, 0.25) is 0 Å². The van der Waals surface area contributed by atoms with Gasteiger partial charge in [-0.05, 0) is 51.0 Å². The first-order chi connectivity index (χ1) is 10.2. The van der Waals surface area contributed by atoms with Gasteiger partial charge in [0.05, 0.1) is 0 Å². The zero-order valence-corrected chi connectivity index (χ0v) is 12.9. The lowest BCUT2D eigenvalue weighted by atomic mass is 10.1. The van der Waals surface area contributed by atoms with Gasteiger partial charge >= 0.3 is 5.97 Å². The minimum absolute atomic E-state index is 0.236. The third-order valence-corrected chi connectivity index (χ3v) is 3.10. The molecule has 0 saturated carbocycles. The lowest BCUT2D eigenvalue weighted by molar-refractivity contribution is -0.137. The molecule has 0 spiro atoms. The highest BCUT2D eigenvalue weighted by atomic mass is 16.4. The van der Waals surface area contributed by atoms with E-state index in [4.69, 9.17) is 5.11 Å². The van der Waals surface area contributed by atoms with Crippen LogP contribution in [0.1, 0.15) is 64.2 Å². The minimum Gasteiger partial charge on any atom is -0.481 e. The molecule has 0 aromatic carbocycles. The van der Waals surface area contributed by atoms with Gasteiger partial charge in [0.1, 0.15) is 6.10 Å². The van der Waals surface area contributed by atoms with Gasteiger partial charge in [-0.1, -0.05) is 36.8 Å². The maximum Gasteiger partial charge on any atom is 0.303 e. The summed E-state index contributed by atoms with van der Waals surface area (Å²) in [5, 5.41) is 18.1. The summed E-state index contributed by atoms with van der Waals surface area (Å²) < 4.78 is 0. The van der Waals surface area contributed by atoms with Crippen molar-refractivity contribution >= 4 is 5.97 Å². The number of rotatable bonds is 12. The van der Waals surface area contributed by atoms with Crippen molar-refractivity contribution in [1.29, 1.82) is 0 Å². The second kappa shape index (κ2) is 14.9. The predicted octanol–water partition coefficient (Wildman–Crippen LogP) is 4.08. The zero-order valence-electron chi connectivity index (χ0n) is 12.9. The van der Waals surface area contributed by atoms with E-state index in [1.165, 1.54) is 0 Å². The monoisotopic (exact) mass is 292 g/mol. The molecule has 0 aliphatic carbocycles. The van der Waals surface area contributed by atoms with E-state index < -0.39 is 12.1 Å². The molecule has 0 heterocycles. The molecule has 2 N–H and O–H groups in total. The summed E-state index contributed by atoms with van der Waals surface area (Å²) in [6, 6.07) is 0. The minimum atomic E-state index is -0.739. The molecule has 118 valence electrons. The van der Waals surface area contributed by atoms with Gasteiger partial charge < -0.3 is 10.2 Å². The highest BCUT2D eigenvalue weighted by Crippen LogP contribution is 2.07. The summed E-state index contributed by atoms with van der Waals surface area (Å²) in [5.74, 6) is 4.93. The van der Waals surface area contributed by atoms with E-state index in [-0.39, 0.29) is 6.42 Å². The summed E-state index contributed by atoms with van der Waals surface area (Å²) >= 11 is 0. The molecule has 1 unspecified atom stereocenters. The zero-order chi connectivity index (χ0) is 15.8. The summed E-state index contributed by atoms with van der Waals surface area (Å²) in [7, 11) is 0. The first-order valence-corrected chi connectivity index (χ1v) is 7.83. The highest BCUT2D eigenvalue weighted by Gasteiger charge is 2.00. The Labute approximate surface area is 128 Å². The number of carbonyl (C=O) groups is 1. The van der Waals surface area contributed by atoms with Crippen molar-refractivity contribution in [2.45, 2.75) is 70.3 Å². The smallest absolute Gasteiger partial charge is 0.303 e. The summed E-state index contributed by atoms with van der Waals surface area (Å²) in [4.78, 5) is 10.3. The molecule has 1 atom stereocenters. The van der Waals surface area contributed by atoms with Crippen LogP contribution in [0, 0.1) is 11.8 Å². The topological polar surface area (TPSA) is 57.5 Å². The summed E-state index contributed by atoms with van der Waals surface area (Å²) in [6.45, 7) is 3.68. The molecule has 21 heavy (non-hydrogen) atoms. The van der Waals surface area contributed by atoms with Crippen molar-refractivity contribution in [2.75, 3.05) is 0 Å². The SMILES string of the molecule is C=CCCCC/C=C/C#CC(O)CCCCCCC(=O)O. The molecule has 0 aliphatic heterocycles. The molecule has 0 fully saturated rings. The number of unbranched alkanes of at least 4 members (excludes halogenated alkanes) is 6. The van der Waals surface area contributed by atoms with Crippen molar-refractivity contribution in [2.24, 2.45) is 0 Å². The Morgan fingerprint density at radius 3 is 2.52 bits per heavy atom. The lowest BCUT2D eigenvalue weighted by Crippen LogP contribution is -2.02. The van der Waals surface area contributed by atoms with Crippen LogP contribution < -0.4 is 0 Å². The van der Waals surface area contributed by atoms with Gasteiger partial charge in [-0.25, -0.2) is 0 Å². The lowest BCUT2D eigenvalue weighted by Gasteiger charge is -2.02. The number of hydrogen-bond donors (Lipinski definition) is 2. The highest BCUT2D eigenvalue weighted by molar-refractivity contribution is 5.66. The van der Waals surface area contributed by atoms with Crippen molar-refractivity contribution in [3.8, 4) is 11.8 Å². The van der Waals surface area contributed by atoms with Gasteiger partial charge in [-0.3, -0.25) is 4.79 Å². The van der Waals surface area contributed by atoms with Gasteiger partial charge in [0.15, 0.2) is 0 Å². The quantitative estimate of drug-likeness (QED) is 0.324. The van der Waals surface area contributed by atoms with Gasteiger partial charge in [0.2, 0.25) is 0 Å². The summed E-state index contributed by atoms with van der Waals surface area (Å²) in [5.41, 5.74) is 0. The predicted molar refractivity (Wildman–Crippen MR) is 86.9 cm³/mol. The largest absolute Gasteiger partial charge is 0.481 e. The number of allylic oxidation sites excluding steroid dienone is 3. The van der Waals surface area contributed by atoms with Crippen LogP contribution in [0.4, 0.5) is 0 Å². The Bertz CT molecular complexity index is 360. The Morgan fingerprint density at radius 2 is 1.81 bits per heavy atom. The van der Waals surface area contributed by atoms with Gasteiger partial charge in [0.25, 0.3) is 0 Å². The van der Waals surface area contributed by atoms with Crippen LogP contribution >= 0.6 is 0 Å². The van der Waals surface area contributed by atoms with E-state index in [0.29, 0.717) is 12.8 Å². The van der Waals surface area contributed by atoms with Crippen molar-refractivity contribution in [1.82, 2.24) is 0 Å². The second-order valence-corrected chi connectivity index (χ2v) is 5.13. The average molecular weight is 292 g/mol. The number of hydrogen-bond acceptors (Lipinski definition) is 2. The standard InChI is InChI=1S/C18H28O3/c1-2-3-4-5-6-7-8-11-14-17(19)15-12-9-10-13-16-18(20)21/h2,7-8,17,19H,1,3-6,9-10,12-13,15-16H2,(H,20,21)/b8-7+. The Hall–Kier alpha value is -1.53. The van der Waals surface area contributed by atoms with E-state index in [2.05, 4.69) is 18.4 Å². The number of carboxylic acids is 1. The van der Waals surface area contributed by atoms with Crippen LogP contribution in [0.5, 0.6) is 0 Å². The fourth-order valence-electron chi connectivity index (χ4n) is 1.88. The molecule has 0 bridgehead atoms. The van der Waals surface area contributed by atoms with E-state index in [1.54, 1.807) is 0 Å².